The van der Waals surface area contributed by atoms with Crippen LogP contribution in [0.4, 0.5) is 5.69 Å². The topological polar surface area (TPSA) is 54.9 Å². The average Bonchev–Trinajstić information content (AvgIpc) is 2.34. The van der Waals surface area contributed by atoms with E-state index < -0.39 is 5.91 Å². The van der Waals surface area contributed by atoms with Crippen LogP contribution in [0.25, 0.3) is 0 Å². The van der Waals surface area contributed by atoms with E-state index in [-0.39, 0.29) is 10.8 Å². The molecule has 2 aromatic rings. The number of hydrogen-bond donors (Lipinski definition) is 1. The second-order valence-corrected chi connectivity index (χ2v) is 4.54. The van der Waals surface area contributed by atoms with Crippen LogP contribution >= 0.6 is 34.8 Å². The van der Waals surface area contributed by atoms with Gasteiger partial charge in [-0.3, -0.25) is 9.78 Å². The molecule has 0 saturated carbocycles. The van der Waals surface area contributed by atoms with Gasteiger partial charge in [-0.15, -0.1) is 0 Å². The zero-order valence-corrected chi connectivity index (χ0v) is 11.1. The number of aromatic nitrogens is 2. The van der Waals surface area contributed by atoms with Crippen LogP contribution in [-0.4, -0.2) is 15.9 Å². The van der Waals surface area contributed by atoms with Crippen LogP contribution in [-0.2, 0) is 0 Å². The van der Waals surface area contributed by atoms with Crippen molar-refractivity contribution in [3.05, 3.63) is 51.5 Å². The van der Waals surface area contributed by atoms with Gasteiger partial charge >= 0.3 is 0 Å². The first-order valence-electron chi connectivity index (χ1n) is 4.80. The minimum atomic E-state index is -0.464. The van der Waals surface area contributed by atoms with Crippen molar-refractivity contribution < 1.29 is 4.79 Å². The fraction of sp³-hybridized carbons (Fsp3) is 0. The molecule has 0 fully saturated rings. The third kappa shape index (κ3) is 3.10. The predicted molar refractivity (Wildman–Crippen MR) is 71.5 cm³/mol. The van der Waals surface area contributed by atoms with Gasteiger partial charge < -0.3 is 5.32 Å². The van der Waals surface area contributed by atoms with Crippen molar-refractivity contribution in [2.75, 3.05) is 5.32 Å². The highest BCUT2D eigenvalue weighted by atomic mass is 35.5. The lowest BCUT2D eigenvalue weighted by atomic mass is 10.3. The number of anilines is 1. The second-order valence-electron chi connectivity index (χ2n) is 3.31. The smallest absolute Gasteiger partial charge is 0.275 e. The van der Waals surface area contributed by atoms with Gasteiger partial charge in [0.25, 0.3) is 5.91 Å². The van der Waals surface area contributed by atoms with Crippen molar-refractivity contribution in [3.8, 4) is 0 Å². The van der Waals surface area contributed by atoms with E-state index >= 15 is 0 Å². The third-order valence-corrected chi connectivity index (χ3v) is 2.76. The Bertz CT molecular complexity index is 604. The number of carbonyl (C=O) groups is 1. The Balaban J connectivity index is 2.24. The Morgan fingerprint density at radius 3 is 2.67 bits per heavy atom. The highest BCUT2D eigenvalue weighted by Crippen LogP contribution is 2.25. The van der Waals surface area contributed by atoms with Crippen molar-refractivity contribution in [1.29, 1.82) is 0 Å². The average molecular weight is 303 g/mol. The normalized spacial score (nSPS) is 10.2. The Morgan fingerprint density at radius 2 is 1.94 bits per heavy atom. The van der Waals surface area contributed by atoms with Crippen molar-refractivity contribution in [2.24, 2.45) is 0 Å². The summed E-state index contributed by atoms with van der Waals surface area (Å²) in [4.78, 5) is 19.5. The van der Waals surface area contributed by atoms with E-state index in [1.165, 1.54) is 12.4 Å². The molecular weight excluding hydrogens is 296 g/mol. The Labute approximate surface area is 118 Å². The number of rotatable bonds is 2. The first kappa shape index (κ1) is 13.1. The van der Waals surface area contributed by atoms with Crippen LogP contribution in [0.2, 0.25) is 15.2 Å². The molecule has 4 nitrogen and oxygen atoms in total. The van der Waals surface area contributed by atoms with E-state index in [1.807, 2.05) is 0 Å². The van der Waals surface area contributed by atoms with Crippen LogP contribution in [0.15, 0.2) is 30.6 Å². The van der Waals surface area contributed by atoms with Crippen molar-refractivity contribution in [2.45, 2.75) is 0 Å². The molecule has 0 spiro atoms. The maximum Gasteiger partial charge on any atom is 0.275 e. The van der Waals surface area contributed by atoms with Crippen LogP contribution in [0.3, 0.4) is 0 Å². The first-order valence-corrected chi connectivity index (χ1v) is 5.93. The molecule has 7 heteroatoms. The summed E-state index contributed by atoms with van der Waals surface area (Å²) in [6.45, 7) is 0. The highest BCUT2D eigenvalue weighted by molar-refractivity contribution is 6.36. The number of nitrogens with zero attached hydrogens (tertiary/aromatic N) is 2. The van der Waals surface area contributed by atoms with Crippen molar-refractivity contribution in [3.63, 3.8) is 0 Å². The van der Waals surface area contributed by atoms with Gasteiger partial charge in [0.2, 0.25) is 0 Å². The molecule has 0 saturated heterocycles. The van der Waals surface area contributed by atoms with E-state index in [0.29, 0.717) is 15.7 Å². The minimum Gasteiger partial charge on any atom is -0.319 e. The predicted octanol–water partition coefficient (Wildman–Crippen LogP) is 3.69. The van der Waals surface area contributed by atoms with Crippen LogP contribution in [0.1, 0.15) is 10.5 Å². The van der Waals surface area contributed by atoms with E-state index in [1.54, 1.807) is 18.2 Å². The van der Waals surface area contributed by atoms with Gasteiger partial charge in [-0.1, -0.05) is 34.8 Å². The van der Waals surface area contributed by atoms with E-state index in [4.69, 9.17) is 34.8 Å². The summed E-state index contributed by atoms with van der Waals surface area (Å²) in [6.07, 6.45) is 2.64. The summed E-state index contributed by atoms with van der Waals surface area (Å²) >= 11 is 17.4. The second kappa shape index (κ2) is 5.52. The van der Waals surface area contributed by atoms with Gasteiger partial charge in [-0.25, -0.2) is 4.98 Å². The Kier molecular flexibility index (Phi) is 4.01. The maximum atomic E-state index is 11.9. The standard InChI is InChI=1S/C11H6Cl3N3O/c12-6-1-2-7(13)8(3-6)17-11(18)9-4-15-5-10(14)16-9/h1-5H,(H,17,18). The zero-order chi connectivity index (χ0) is 13.1. The largest absolute Gasteiger partial charge is 0.319 e. The number of hydrogen-bond acceptors (Lipinski definition) is 3. The number of benzene rings is 1. The third-order valence-electron chi connectivity index (χ3n) is 2.01. The van der Waals surface area contributed by atoms with Gasteiger partial charge in [0.05, 0.1) is 23.1 Å². The molecule has 92 valence electrons. The molecule has 0 radical (unpaired) electrons. The van der Waals surface area contributed by atoms with Gasteiger partial charge in [-0.2, -0.15) is 0 Å². The summed E-state index contributed by atoms with van der Waals surface area (Å²) in [5, 5.41) is 3.56. The summed E-state index contributed by atoms with van der Waals surface area (Å²) < 4.78 is 0. The SMILES string of the molecule is O=C(Nc1cc(Cl)ccc1Cl)c1cncc(Cl)n1. The molecule has 1 aromatic carbocycles. The quantitative estimate of drug-likeness (QED) is 0.920. The first-order chi connectivity index (χ1) is 8.56. The molecule has 0 aliphatic heterocycles. The lowest BCUT2D eigenvalue weighted by Crippen LogP contribution is -2.14. The van der Waals surface area contributed by atoms with E-state index in [9.17, 15) is 4.79 Å². The minimum absolute atomic E-state index is 0.0959. The number of amides is 1. The Morgan fingerprint density at radius 1 is 1.17 bits per heavy atom. The molecule has 0 aliphatic carbocycles. The summed E-state index contributed by atoms with van der Waals surface area (Å²) in [5.41, 5.74) is 0.495. The Hall–Kier alpha value is -1.36. The molecule has 1 amide bonds. The summed E-state index contributed by atoms with van der Waals surface area (Å²) in [5.74, 6) is -0.464. The summed E-state index contributed by atoms with van der Waals surface area (Å²) in [7, 11) is 0. The molecule has 1 aromatic heterocycles. The lowest BCUT2D eigenvalue weighted by Gasteiger charge is -2.06. The maximum absolute atomic E-state index is 11.9. The van der Waals surface area contributed by atoms with E-state index in [2.05, 4.69) is 15.3 Å². The molecule has 1 heterocycles. The lowest BCUT2D eigenvalue weighted by molar-refractivity contribution is 0.102. The van der Waals surface area contributed by atoms with Crippen molar-refractivity contribution in [1.82, 2.24) is 9.97 Å². The molecule has 18 heavy (non-hydrogen) atoms. The fourth-order valence-electron chi connectivity index (χ4n) is 1.23. The molecule has 0 unspecified atom stereocenters. The van der Waals surface area contributed by atoms with Crippen LogP contribution < -0.4 is 5.32 Å². The number of nitrogens with one attached hydrogen (secondary N) is 1. The molecule has 1 N–H and O–H groups in total. The molecule has 0 bridgehead atoms. The fourth-order valence-corrected chi connectivity index (χ4v) is 1.72. The highest BCUT2D eigenvalue weighted by Gasteiger charge is 2.11. The van der Waals surface area contributed by atoms with Gasteiger partial charge in [0.1, 0.15) is 10.8 Å². The molecule has 0 aliphatic rings. The van der Waals surface area contributed by atoms with Gasteiger partial charge in [0, 0.05) is 5.02 Å². The molecule has 0 atom stereocenters. The van der Waals surface area contributed by atoms with Crippen LogP contribution in [0.5, 0.6) is 0 Å². The number of carbonyl (C=O) groups excluding carboxylic acids is 1. The van der Waals surface area contributed by atoms with Gasteiger partial charge in [0.15, 0.2) is 0 Å². The van der Waals surface area contributed by atoms with Crippen molar-refractivity contribution >= 4 is 46.4 Å². The van der Waals surface area contributed by atoms with Crippen LogP contribution in [0, 0.1) is 0 Å². The monoisotopic (exact) mass is 301 g/mol. The molecular formula is C11H6Cl3N3O. The zero-order valence-electron chi connectivity index (χ0n) is 8.82. The van der Waals surface area contributed by atoms with Gasteiger partial charge in [-0.05, 0) is 18.2 Å². The number of halogens is 3. The van der Waals surface area contributed by atoms with E-state index in [0.717, 1.165) is 0 Å². The summed E-state index contributed by atoms with van der Waals surface area (Å²) in [6, 6.07) is 4.75. The molecule has 2 rings (SSSR count).